The van der Waals surface area contributed by atoms with Gasteiger partial charge in [0.05, 0.1) is 29.4 Å². The number of nitrogens with zero attached hydrogens (tertiary/aromatic N) is 3. The number of alkyl halides is 3. The number of rotatable bonds is 9. The van der Waals surface area contributed by atoms with Gasteiger partial charge in [0.1, 0.15) is 0 Å². The van der Waals surface area contributed by atoms with Gasteiger partial charge in [-0.1, -0.05) is 41.9 Å². The van der Waals surface area contributed by atoms with E-state index < -0.39 is 23.2 Å². The van der Waals surface area contributed by atoms with Gasteiger partial charge in [0.25, 0.3) is 17.4 Å². The summed E-state index contributed by atoms with van der Waals surface area (Å²) in [6.07, 6.45) is -3.09. The van der Waals surface area contributed by atoms with Crippen molar-refractivity contribution in [2.24, 2.45) is 0 Å². The Hall–Kier alpha value is -2.86. The van der Waals surface area contributed by atoms with Crippen LogP contribution in [0.2, 0.25) is 5.02 Å². The number of carbonyl (C=O) groups excluding carboxylic acids is 2. The summed E-state index contributed by atoms with van der Waals surface area (Å²) in [6, 6.07) is 11.9. The number of amides is 2. The van der Waals surface area contributed by atoms with Crippen molar-refractivity contribution < 1.29 is 37.3 Å². The van der Waals surface area contributed by atoms with Crippen molar-refractivity contribution in [3.63, 3.8) is 0 Å². The van der Waals surface area contributed by atoms with E-state index in [2.05, 4.69) is 4.90 Å². The molecule has 0 radical (unpaired) electrons. The normalized spacial score (nSPS) is 18.5. The van der Waals surface area contributed by atoms with Crippen LogP contribution in [0.4, 0.5) is 18.9 Å². The average Bonchev–Trinajstić information content (AvgIpc) is 2.99. The highest BCUT2D eigenvalue weighted by atomic mass is 35.5. The molecule has 2 aromatic carbocycles. The van der Waals surface area contributed by atoms with E-state index in [0.717, 1.165) is 48.7 Å². The van der Waals surface area contributed by atoms with Crippen LogP contribution in [-0.2, 0) is 19.9 Å². The summed E-state index contributed by atoms with van der Waals surface area (Å²) >= 11 is 6.46. The highest BCUT2D eigenvalue weighted by Gasteiger charge is 2.62. The molecule has 4 rings (SSSR count). The Labute approximate surface area is 248 Å². The number of methoxy groups -OCH3 is 1. The summed E-state index contributed by atoms with van der Waals surface area (Å²) in [5.41, 5.74) is -2.75. The fraction of sp³-hybridized carbons (Fsp3) is 0.533. The van der Waals surface area contributed by atoms with Crippen molar-refractivity contribution in [2.45, 2.75) is 49.7 Å². The Morgan fingerprint density at radius 3 is 2.14 bits per heavy atom. The smallest absolute Gasteiger partial charge is 0.383 e. The lowest BCUT2D eigenvalue weighted by molar-refractivity contribution is -0.262. The molecule has 0 aliphatic carbocycles. The van der Waals surface area contributed by atoms with Gasteiger partial charge in [-0.15, -0.1) is 0 Å². The lowest BCUT2D eigenvalue weighted by Crippen LogP contribution is -2.57. The molecule has 0 bridgehead atoms. The van der Waals surface area contributed by atoms with E-state index in [9.17, 15) is 27.9 Å². The Kier molecular flexibility index (Phi) is 10.4. The summed E-state index contributed by atoms with van der Waals surface area (Å²) in [6.45, 7) is 2.46. The molecular formula is C30H37ClF3N3O5. The minimum Gasteiger partial charge on any atom is -0.383 e. The van der Waals surface area contributed by atoms with Crippen molar-refractivity contribution >= 4 is 29.1 Å². The first kappa shape index (κ1) is 32.1. The van der Waals surface area contributed by atoms with Crippen LogP contribution in [0.5, 0.6) is 0 Å². The van der Waals surface area contributed by atoms with Gasteiger partial charge >= 0.3 is 6.18 Å². The molecule has 12 heteroatoms. The molecule has 2 fully saturated rings. The van der Waals surface area contributed by atoms with Gasteiger partial charge in [0, 0.05) is 58.1 Å². The number of benzene rings is 2. The zero-order valence-corrected chi connectivity index (χ0v) is 24.5. The zero-order valence-electron chi connectivity index (χ0n) is 23.8. The van der Waals surface area contributed by atoms with E-state index in [1.165, 1.54) is 18.2 Å². The van der Waals surface area contributed by atoms with Crippen LogP contribution < -0.4 is 4.90 Å². The molecule has 2 aliphatic rings. The van der Waals surface area contributed by atoms with Gasteiger partial charge < -0.3 is 29.3 Å². The molecular weight excluding hydrogens is 575 g/mol. The zero-order chi connectivity index (χ0) is 30.5. The number of ether oxygens (including phenoxy) is 2. The predicted molar refractivity (Wildman–Crippen MR) is 153 cm³/mol. The second kappa shape index (κ2) is 13.6. The van der Waals surface area contributed by atoms with Crippen LogP contribution in [-0.4, -0.2) is 98.6 Å². The molecule has 2 aliphatic heterocycles. The lowest BCUT2D eigenvalue weighted by Gasteiger charge is -2.40. The molecule has 0 saturated carbocycles. The molecule has 0 aromatic heterocycles. The maximum absolute atomic E-state index is 13.9. The Morgan fingerprint density at radius 1 is 1.00 bits per heavy atom. The summed E-state index contributed by atoms with van der Waals surface area (Å²) < 4.78 is 53.1. The van der Waals surface area contributed by atoms with Gasteiger partial charge in [-0.3, -0.25) is 9.59 Å². The van der Waals surface area contributed by atoms with E-state index in [0.29, 0.717) is 36.6 Å². The quantitative estimate of drug-likeness (QED) is 0.450. The van der Waals surface area contributed by atoms with Gasteiger partial charge in [-0.05, 0) is 43.9 Å². The molecule has 2 saturated heterocycles. The van der Waals surface area contributed by atoms with Crippen molar-refractivity contribution in [3.05, 3.63) is 64.7 Å². The standard InChI is InChI=1S/C30H37ClF3N3O5/c1-35(18-19-41-2)27(38)25-9-8-22(20-26(25)31)36-14-10-23(11-15-36)42-24-12-16-37(17-13-24)28(39)29(40,30(32,33)34)21-6-4-3-5-7-21/h3-9,20,23-24,40H,10-19H2,1-2H3/t29-/m1/s1. The monoisotopic (exact) mass is 611 g/mol. The van der Waals surface area contributed by atoms with Gasteiger partial charge in [-0.2, -0.15) is 13.2 Å². The molecule has 1 N–H and O–H groups in total. The minimum atomic E-state index is -5.16. The number of halogens is 4. The molecule has 42 heavy (non-hydrogen) atoms. The maximum Gasteiger partial charge on any atom is 0.430 e. The molecule has 2 heterocycles. The SMILES string of the molecule is COCCN(C)C(=O)c1ccc(N2CCC(OC3CCN(C(=O)[C@](O)(c4ccccc4)C(F)(F)F)CC3)CC2)cc1Cl. The first-order valence-electron chi connectivity index (χ1n) is 14.0. The predicted octanol–water partition coefficient (Wildman–Crippen LogP) is 4.48. The van der Waals surface area contributed by atoms with E-state index in [1.807, 2.05) is 6.07 Å². The number of anilines is 1. The molecule has 230 valence electrons. The van der Waals surface area contributed by atoms with Crippen LogP contribution in [0.1, 0.15) is 41.6 Å². The van der Waals surface area contributed by atoms with E-state index >= 15 is 0 Å². The first-order valence-corrected chi connectivity index (χ1v) is 14.4. The summed E-state index contributed by atoms with van der Waals surface area (Å²) in [7, 11) is 3.28. The van der Waals surface area contributed by atoms with E-state index in [1.54, 1.807) is 31.2 Å². The average molecular weight is 612 g/mol. The second-order valence-corrected chi connectivity index (χ2v) is 11.2. The van der Waals surface area contributed by atoms with E-state index in [4.69, 9.17) is 21.1 Å². The fourth-order valence-corrected chi connectivity index (χ4v) is 5.70. The first-order chi connectivity index (χ1) is 20.0. The molecule has 1 atom stereocenters. The third-order valence-corrected chi connectivity index (χ3v) is 8.31. The number of carbonyl (C=O) groups is 2. The Balaban J connectivity index is 1.27. The molecule has 2 amide bonds. The van der Waals surface area contributed by atoms with Crippen LogP contribution in [0.15, 0.2) is 48.5 Å². The van der Waals surface area contributed by atoms with Crippen LogP contribution in [0.25, 0.3) is 0 Å². The number of piperidine rings is 2. The highest BCUT2D eigenvalue weighted by molar-refractivity contribution is 6.34. The van der Waals surface area contributed by atoms with Gasteiger partial charge in [-0.25, -0.2) is 0 Å². The molecule has 0 spiro atoms. The van der Waals surface area contributed by atoms with Crippen molar-refractivity contribution in [1.29, 1.82) is 0 Å². The maximum atomic E-state index is 13.9. The largest absolute Gasteiger partial charge is 0.430 e. The van der Waals surface area contributed by atoms with Crippen LogP contribution >= 0.6 is 11.6 Å². The number of likely N-dealkylation sites (N-methyl/N-ethyl adjacent to an activating group) is 1. The summed E-state index contributed by atoms with van der Waals surface area (Å²) in [5.74, 6) is -1.53. The van der Waals surface area contributed by atoms with Crippen molar-refractivity contribution in [3.8, 4) is 0 Å². The van der Waals surface area contributed by atoms with E-state index in [-0.39, 0.29) is 31.2 Å². The number of aliphatic hydroxyl groups is 1. The number of hydrogen-bond donors (Lipinski definition) is 1. The summed E-state index contributed by atoms with van der Waals surface area (Å²) in [5, 5.41) is 11.0. The van der Waals surface area contributed by atoms with Crippen molar-refractivity contribution in [1.82, 2.24) is 9.80 Å². The topological polar surface area (TPSA) is 82.6 Å². The number of hydrogen-bond acceptors (Lipinski definition) is 6. The Bertz CT molecular complexity index is 1220. The third kappa shape index (κ3) is 7.02. The van der Waals surface area contributed by atoms with Gasteiger partial charge in [0.15, 0.2) is 0 Å². The number of likely N-dealkylation sites (tertiary alicyclic amines) is 1. The van der Waals surface area contributed by atoms with Crippen LogP contribution in [0, 0.1) is 0 Å². The highest BCUT2D eigenvalue weighted by Crippen LogP contribution is 2.41. The fourth-order valence-electron chi connectivity index (χ4n) is 5.44. The van der Waals surface area contributed by atoms with Gasteiger partial charge in [0.2, 0.25) is 0 Å². The second-order valence-electron chi connectivity index (χ2n) is 10.8. The minimum absolute atomic E-state index is 0.0179. The van der Waals surface area contributed by atoms with Crippen LogP contribution in [0.3, 0.4) is 0 Å². The third-order valence-electron chi connectivity index (χ3n) is 7.99. The molecule has 2 aromatic rings. The van der Waals surface area contributed by atoms with Crippen molar-refractivity contribution in [2.75, 3.05) is 58.4 Å². The molecule has 0 unspecified atom stereocenters. The lowest BCUT2D eigenvalue weighted by atomic mass is 9.90. The summed E-state index contributed by atoms with van der Waals surface area (Å²) in [4.78, 5) is 30.5. The molecule has 8 nitrogen and oxygen atoms in total. The Morgan fingerprint density at radius 2 is 1.60 bits per heavy atom.